The summed E-state index contributed by atoms with van der Waals surface area (Å²) in [7, 11) is 0. The molecule has 2 aliphatic rings. The number of Topliss-reactive ketones (excluding diaryl/α,β-unsaturated/α-hetero) is 3. The van der Waals surface area contributed by atoms with E-state index in [2.05, 4.69) is 15.5 Å². The lowest BCUT2D eigenvalue weighted by Gasteiger charge is -2.27. The van der Waals surface area contributed by atoms with Gasteiger partial charge in [-0.15, -0.1) is 0 Å². The van der Waals surface area contributed by atoms with Crippen molar-refractivity contribution in [2.75, 3.05) is 19.6 Å². The molecule has 1 saturated heterocycles. The highest BCUT2D eigenvalue weighted by Gasteiger charge is 2.48. The molecule has 4 atom stereocenters. The molecule has 2 aromatic carbocycles. The number of hydrogen-bond donors (Lipinski definition) is 2. The van der Waals surface area contributed by atoms with E-state index in [1.54, 1.807) is 0 Å². The molecule has 8 heteroatoms. The molecule has 0 radical (unpaired) electrons. The summed E-state index contributed by atoms with van der Waals surface area (Å²) < 4.78 is 0. The molecule has 2 N–H and O–H groups in total. The van der Waals surface area contributed by atoms with Crippen LogP contribution in [0.25, 0.3) is 0 Å². The van der Waals surface area contributed by atoms with Gasteiger partial charge in [0.15, 0.2) is 11.6 Å². The van der Waals surface area contributed by atoms with Gasteiger partial charge in [-0.3, -0.25) is 24.0 Å². The van der Waals surface area contributed by atoms with Crippen LogP contribution in [0.5, 0.6) is 0 Å². The van der Waals surface area contributed by atoms with Crippen LogP contribution in [0.15, 0.2) is 60.7 Å². The smallest absolute Gasteiger partial charge is 0.224 e. The van der Waals surface area contributed by atoms with Crippen LogP contribution in [-0.2, 0) is 36.8 Å². The number of carbonyl (C=O) groups excluding carboxylic acids is 5. The predicted octanol–water partition coefficient (Wildman–Crippen LogP) is 8.10. The minimum Gasteiger partial charge on any atom is -0.346 e. The Morgan fingerprint density at radius 2 is 1.25 bits per heavy atom. The molecular weight excluding hydrogens is 687 g/mol. The van der Waals surface area contributed by atoms with Crippen LogP contribution < -0.4 is 10.6 Å². The van der Waals surface area contributed by atoms with E-state index in [4.69, 9.17) is 0 Å². The van der Waals surface area contributed by atoms with Crippen molar-refractivity contribution in [2.24, 2.45) is 29.1 Å². The van der Waals surface area contributed by atoms with E-state index in [1.807, 2.05) is 95.3 Å². The minimum atomic E-state index is -0.795. The maximum Gasteiger partial charge on any atom is 0.224 e. The number of nitrogens with one attached hydrogen (secondary N) is 2. The Labute approximate surface area is 331 Å². The van der Waals surface area contributed by atoms with Crippen LogP contribution in [0.1, 0.15) is 129 Å². The fraction of sp³-hybridized carbons (Fsp3) is 0.638. The molecule has 0 bridgehead atoms. The first kappa shape index (κ1) is 44.1. The maximum absolute atomic E-state index is 14.3. The maximum atomic E-state index is 14.3. The van der Waals surface area contributed by atoms with E-state index in [9.17, 15) is 24.0 Å². The van der Waals surface area contributed by atoms with Crippen LogP contribution in [0, 0.1) is 29.1 Å². The molecule has 1 aliphatic heterocycles. The molecule has 0 spiro atoms. The van der Waals surface area contributed by atoms with Gasteiger partial charge in [0.1, 0.15) is 5.78 Å². The molecule has 1 aliphatic carbocycles. The van der Waals surface area contributed by atoms with Gasteiger partial charge in [-0.05, 0) is 113 Å². The van der Waals surface area contributed by atoms with Crippen LogP contribution in [0.3, 0.4) is 0 Å². The molecule has 2 amide bonds. The number of nitrogens with zero attached hydrogens (tertiary/aromatic N) is 1. The topological polar surface area (TPSA) is 113 Å². The van der Waals surface area contributed by atoms with Crippen molar-refractivity contribution in [3.05, 3.63) is 71.8 Å². The van der Waals surface area contributed by atoms with Gasteiger partial charge in [-0.1, -0.05) is 102 Å². The summed E-state index contributed by atoms with van der Waals surface area (Å²) >= 11 is 0. The SMILES string of the molecule is CC(C)C[C@H](NC(=O)[C@H](CCc1ccccc1)CC(=O)CCCCN1CCCCC1)C(=O)C[C@@H](Cc1ccccc1)C(=O)N[C@@H](CC(C)C)C(=O)C1(C)CC1. The lowest BCUT2D eigenvalue weighted by atomic mass is 9.87. The summed E-state index contributed by atoms with van der Waals surface area (Å²) in [5.74, 6) is -1.59. The van der Waals surface area contributed by atoms with Crippen molar-refractivity contribution in [2.45, 2.75) is 143 Å². The second kappa shape index (κ2) is 22.2. The number of carbonyl (C=O) groups is 5. The second-order valence-electron chi connectivity index (χ2n) is 17.7. The summed E-state index contributed by atoms with van der Waals surface area (Å²) in [6, 6.07) is 18.2. The third-order valence-electron chi connectivity index (χ3n) is 11.6. The molecule has 2 aromatic rings. The Hall–Kier alpha value is -3.65. The Balaban J connectivity index is 1.46. The van der Waals surface area contributed by atoms with Crippen LogP contribution in [0.4, 0.5) is 0 Å². The summed E-state index contributed by atoms with van der Waals surface area (Å²) in [4.78, 5) is 71.9. The molecule has 0 unspecified atom stereocenters. The number of hydrogen-bond acceptors (Lipinski definition) is 6. The summed E-state index contributed by atoms with van der Waals surface area (Å²) in [6.45, 7) is 13.4. The third-order valence-corrected chi connectivity index (χ3v) is 11.6. The van der Waals surface area contributed by atoms with Crippen molar-refractivity contribution < 1.29 is 24.0 Å². The Bertz CT molecular complexity index is 1510. The van der Waals surface area contributed by atoms with Crippen LogP contribution >= 0.6 is 0 Å². The highest BCUT2D eigenvalue weighted by molar-refractivity contribution is 5.97. The fourth-order valence-corrected chi connectivity index (χ4v) is 7.95. The first-order valence-corrected chi connectivity index (χ1v) is 21.3. The fourth-order valence-electron chi connectivity index (χ4n) is 7.95. The third kappa shape index (κ3) is 15.4. The van der Waals surface area contributed by atoms with Crippen LogP contribution in [-0.4, -0.2) is 65.8 Å². The zero-order valence-corrected chi connectivity index (χ0v) is 34.5. The van der Waals surface area contributed by atoms with Gasteiger partial charge in [0.05, 0.1) is 12.1 Å². The average Bonchev–Trinajstić information content (AvgIpc) is 3.92. The predicted molar refractivity (Wildman–Crippen MR) is 220 cm³/mol. The molecule has 1 heterocycles. The highest BCUT2D eigenvalue weighted by Crippen LogP contribution is 2.47. The number of aryl methyl sites for hydroxylation is 1. The first-order chi connectivity index (χ1) is 26.3. The van der Waals surface area contributed by atoms with Crippen molar-refractivity contribution in [3.8, 4) is 0 Å². The second-order valence-corrected chi connectivity index (χ2v) is 17.7. The summed E-state index contributed by atoms with van der Waals surface area (Å²) in [6.07, 6.45) is 10.2. The molecular formula is C47H69N3O5. The number of amides is 2. The number of ketones is 3. The normalized spacial score (nSPS) is 17.6. The van der Waals surface area contributed by atoms with Crippen molar-refractivity contribution in [1.29, 1.82) is 0 Å². The zero-order chi connectivity index (χ0) is 39.8. The van der Waals surface area contributed by atoms with E-state index in [0.29, 0.717) is 38.5 Å². The molecule has 1 saturated carbocycles. The largest absolute Gasteiger partial charge is 0.346 e. The minimum absolute atomic E-state index is 0.0666. The van der Waals surface area contributed by atoms with E-state index in [0.717, 1.165) is 56.4 Å². The van der Waals surface area contributed by atoms with Gasteiger partial charge in [0, 0.05) is 36.5 Å². The summed E-state index contributed by atoms with van der Waals surface area (Å²) in [5.41, 5.74) is 1.63. The number of likely N-dealkylation sites (tertiary alicyclic amines) is 1. The number of rotatable bonds is 25. The van der Waals surface area contributed by atoms with Gasteiger partial charge in [-0.2, -0.15) is 0 Å². The number of unbranched alkanes of at least 4 members (excludes halogenated alkanes) is 1. The lowest BCUT2D eigenvalue weighted by molar-refractivity contribution is -0.135. The van der Waals surface area contributed by atoms with Gasteiger partial charge < -0.3 is 15.5 Å². The Morgan fingerprint density at radius 1 is 0.691 bits per heavy atom. The number of piperidine rings is 1. The van der Waals surface area contributed by atoms with Gasteiger partial charge in [-0.25, -0.2) is 0 Å². The number of benzene rings is 2. The van der Waals surface area contributed by atoms with Crippen molar-refractivity contribution in [3.63, 3.8) is 0 Å². The van der Waals surface area contributed by atoms with Gasteiger partial charge >= 0.3 is 0 Å². The monoisotopic (exact) mass is 756 g/mol. The van der Waals surface area contributed by atoms with Crippen LogP contribution in [0.2, 0.25) is 0 Å². The van der Waals surface area contributed by atoms with E-state index in [1.165, 1.54) is 19.3 Å². The quantitative estimate of drug-likeness (QED) is 0.0992. The van der Waals surface area contributed by atoms with Gasteiger partial charge in [0.25, 0.3) is 0 Å². The van der Waals surface area contributed by atoms with Gasteiger partial charge in [0.2, 0.25) is 11.8 Å². The first-order valence-electron chi connectivity index (χ1n) is 21.3. The zero-order valence-electron chi connectivity index (χ0n) is 34.5. The standard InChI is InChI=1S/C47H69N3O5/c1-34(2)29-41(43(52)33-39(31-37-19-11-7-12-20-37)46(55)49-42(30-35(3)4)44(53)47(5)24-25-47)48-45(54)38(23-22-36-17-9-6-10-18-36)32-40(51)21-13-16-28-50-26-14-8-15-27-50/h6-7,9-12,17-20,34-35,38-39,41-42H,8,13-16,21-33H2,1-5H3,(H,48,54)(H,49,55)/t38-,39-,41+,42+/m1/s1. The van der Waals surface area contributed by atoms with Crippen molar-refractivity contribution in [1.82, 2.24) is 15.5 Å². The molecule has 302 valence electrons. The molecule has 0 aromatic heterocycles. The molecule has 55 heavy (non-hydrogen) atoms. The van der Waals surface area contributed by atoms with E-state index >= 15 is 0 Å². The van der Waals surface area contributed by atoms with E-state index < -0.39 is 29.3 Å². The lowest BCUT2D eigenvalue weighted by Crippen LogP contribution is -2.49. The molecule has 8 nitrogen and oxygen atoms in total. The Morgan fingerprint density at radius 3 is 1.85 bits per heavy atom. The van der Waals surface area contributed by atoms with E-state index in [-0.39, 0.29) is 53.8 Å². The Kier molecular flexibility index (Phi) is 17.8. The molecule has 2 fully saturated rings. The highest BCUT2D eigenvalue weighted by atomic mass is 16.2. The summed E-state index contributed by atoms with van der Waals surface area (Å²) in [5, 5.41) is 6.17. The average molecular weight is 756 g/mol. The van der Waals surface area contributed by atoms with Crippen molar-refractivity contribution >= 4 is 29.2 Å². The molecule has 4 rings (SSSR count).